The number of fused-ring (bicyclic) bond motifs is 7. The van der Waals surface area contributed by atoms with Crippen LogP contribution in [-0.4, -0.2) is 9.13 Å². The molecule has 0 unspecified atom stereocenters. The molecular formula is C48H32N2. The summed E-state index contributed by atoms with van der Waals surface area (Å²) in [5.41, 5.74) is 11.7. The molecule has 0 spiro atoms. The third-order valence-electron chi connectivity index (χ3n) is 9.79. The van der Waals surface area contributed by atoms with Gasteiger partial charge in [0, 0.05) is 32.9 Å². The molecule has 2 aromatic heterocycles. The molecule has 0 aliphatic carbocycles. The van der Waals surface area contributed by atoms with Gasteiger partial charge in [-0.25, -0.2) is 0 Å². The van der Waals surface area contributed by atoms with Crippen molar-refractivity contribution in [1.82, 2.24) is 9.13 Å². The van der Waals surface area contributed by atoms with Crippen LogP contribution in [0, 0.1) is 0 Å². The Kier molecular flexibility index (Phi) is 5.44. The second-order valence-corrected chi connectivity index (χ2v) is 12.6. The minimum Gasteiger partial charge on any atom is -0.307 e. The Morgan fingerprint density at radius 2 is 0.760 bits per heavy atom. The molecule has 0 bridgehead atoms. The van der Waals surface area contributed by atoms with Gasteiger partial charge in [0.1, 0.15) is 0 Å². The molecular weight excluding hydrogens is 605 g/mol. The molecule has 8 aromatic carbocycles. The standard InChI is InChI=1S/C48H32N2/c1-3-13-33(14-4-1)35-25-27-36(28-26-35)38-18-12-20-40(32-38)50-46-24-10-8-22-42(46)44-30-29-43-41-21-7-9-23-45(41)49(47(43)48(44)50)39-19-11-17-37(31-39)34-15-5-2-6-16-34/h1-32H/i1D,3D,4D,13D,14D. The number of para-hydroxylation sites is 2. The smallest absolute Gasteiger partial charge is 0.0788 e. The minimum atomic E-state index is -0.393. The van der Waals surface area contributed by atoms with Crippen LogP contribution in [0.3, 0.4) is 0 Å². The predicted molar refractivity (Wildman–Crippen MR) is 211 cm³/mol. The zero-order valence-electron chi connectivity index (χ0n) is 32.0. The number of benzene rings is 8. The summed E-state index contributed by atoms with van der Waals surface area (Å²) in [6.45, 7) is 0. The molecule has 0 saturated carbocycles. The van der Waals surface area contributed by atoms with Crippen molar-refractivity contribution >= 4 is 43.6 Å². The third kappa shape index (κ3) is 4.50. The maximum Gasteiger partial charge on any atom is 0.0788 e. The summed E-state index contributed by atoms with van der Waals surface area (Å²) in [7, 11) is 0. The highest BCUT2D eigenvalue weighted by Crippen LogP contribution is 2.42. The van der Waals surface area contributed by atoms with E-state index in [1.54, 1.807) is 0 Å². The van der Waals surface area contributed by atoms with Crippen LogP contribution in [0.2, 0.25) is 0 Å². The zero-order valence-corrected chi connectivity index (χ0v) is 27.0. The first-order valence-corrected chi connectivity index (χ1v) is 16.8. The van der Waals surface area contributed by atoms with E-state index < -0.39 is 6.04 Å². The van der Waals surface area contributed by atoms with Crippen molar-refractivity contribution < 1.29 is 6.85 Å². The molecule has 0 aliphatic rings. The summed E-state index contributed by atoms with van der Waals surface area (Å²) in [6.07, 6.45) is 0. The minimum absolute atomic E-state index is 0.199. The number of nitrogens with zero attached hydrogens (tertiary/aromatic N) is 2. The maximum atomic E-state index is 8.47. The van der Waals surface area contributed by atoms with Crippen LogP contribution in [0.4, 0.5) is 0 Å². The van der Waals surface area contributed by atoms with Gasteiger partial charge >= 0.3 is 0 Å². The Balaban J connectivity index is 1.20. The Labute approximate surface area is 297 Å². The summed E-state index contributed by atoms with van der Waals surface area (Å²) < 4.78 is 46.0. The Hall–Kier alpha value is -6.64. The Morgan fingerprint density at radius 1 is 0.320 bits per heavy atom. The quantitative estimate of drug-likeness (QED) is 0.177. The van der Waals surface area contributed by atoms with Gasteiger partial charge < -0.3 is 9.13 Å². The normalized spacial score (nSPS) is 13.0. The molecule has 2 heteroatoms. The monoisotopic (exact) mass is 641 g/mol. The molecule has 10 rings (SSSR count). The fraction of sp³-hybridized carbons (Fsp3) is 0. The van der Waals surface area contributed by atoms with Gasteiger partial charge in [-0.2, -0.15) is 0 Å². The largest absolute Gasteiger partial charge is 0.307 e. The lowest BCUT2D eigenvalue weighted by atomic mass is 10.00. The van der Waals surface area contributed by atoms with Crippen LogP contribution < -0.4 is 0 Å². The van der Waals surface area contributed by atoms with Crippen molar-refractivity contribution in [2.75, 3.05) is 0 Å². The van der Waals surface area contributed by atoms with Crippen LogP contribution in [0.15, 0.2) is 194 Å². The number of hydrogen-bond acceptors (Lipinski definition) is 0. The predicted octanol–water partition coefficient (Wildman–Crippen LogP) is 12.9. The number of aromatic nitrogens is 2. The van der Waals surface area contributed by atoms with E-state index in [1.165, 1.54) is 27.1 Å². The van der Waals surface area contributed by atoms with Gasteiger partial charge in [-0.1, -0.05) is 158 Å². The molecule has 50 heavy (non-hydrogen) atoms. The average molecular weight is 642 g/mol. The van der Waals surface area contributed by atoms with E-state index in [0.717, 1.165) is 50.1 Å². The van der Waals surface area contributed by atoms with Crippen molar-refractivity contribution in [3.05, 3.63) is 194 Å². The molecule has 0 radical (unpaired) electrons. The lowest BCUT2D eigenvalue weighted by Crippen LogP contribution is -1.99. The fourth-order valence-electron chi connectivity index (χ4n) is 7.54. The number of hydrogen-bond donors (Lipinski definition) is 0. The van der Waals surface area contributed by atoms with Gasteiger partial charge in [0.25, 0.3) is 0 Å². The van der Waals surface area contributed by atoms with Gasteiger partial charge in [-0.3, -0.25) is 0 Å². The highest BCUT2D eigenvalue weighted by atomic mass is 15.0. The van der Waals surface area contributed by atoms with E-state index in [9.17, 15) is 0 Å². The first-order valence-electron chi connectivity index (χ1n) is 19.3. The van der Waals surface area contributed by atoms with Gasteiger partial charge in [0.05, 0.1) is 28.9 Å². The van der Waals surface area contributed by atoms with Crippen molar-refractivity contribution in [2.24, 2.45) is 0 Å². The molecule has 10 aromatic rings. The average Bonchev–Trinajstić information content (AvgIpc) is 3.76. The van der Waals surface area contributed by atoms with E-state index in [0.29, 0.717) is 5.56 Å². The molecule has 0 aliphatic heterocycles. The lowest BCUT2D eigenvalue weighted by molar-refractivity contribution is 1.15. The van der Waals surface area contributed by atoms with Crippen molar-refractivity contribution in [3.8, 4) is 44.8 Å². The Bertz CT molecular complexity index is 3110. The first-order chi connectivity index (χ1) is 26.9. The van der Waals surface area contributed by atoms with Gasteiger partial charge in [-0.05, 0) is 69.8 Å². The van der Waals surface area contributed by atoms with E-state index in [2.05, 4.69) is 143 Å². The van der Waals surface area contributed by atoms with Gasteiger partial charge in [0.15, 0.2) is 0 Å². The second-order valence-electron chi connectivity index (χ2n) is 12.6. The molecule has 0 fully saturated rings. The van der Waals surface area contributed by atoms with Crippen LogP contribution in [-0.2, 0) is 0 Å². The summed E-state index contributed by atoms with van der Waals surface area (Å²) in [5, 5.41) is 4.70. The lowest BCUT2D eigenvalue weighted by Gasteiger charge is -2.14. The SMILES string of the molecule is [2H]c1c([2H])c([2H])c(-c2ccc(-c3cccc(-n4c5ccccc5c5ccc6c7ccccc7n(-c7cccc(-c8ccccc8)c7)c6c54)c3)cc2)c([2H])c1[2H]. The zero-order chi connectivity index (χ0) is 37.4. The van der Waals surface area contributed by atoms with Crippen LogP contribution >= 0.6 is 0 Å². The van der Waals surface area contributed by atoms with Crippen molar-refractivity contribution in [2.45, 2.75) is 0 Å². The molecule has 0 amide bonds. The maximum absolute atomic E-state index is 8.47. The van der Waals surface area contributed by atoms with Gasteiger partial charge in [-0.15, -0.1) is 0 Å². The van der Waals surface area contributed by atoms with Crippen LogP contribution in [0.25, 0.3) is 88.4 Å². The molecule has 2 nitrogen and oxygen atoms in total. The Morgan fingerprint density at radius 3 is 1.30 bits per heavy atom. The van der Waals surface area contributed by atoms with Crippen LogP contribution in [0.5, 0.6) is 0 Å². The summed E-state index contributed by atoms with van der Waals surface area (Å²) in [4.78, 5) is 0. The van der Waals surface area contributed by atoms with Crippen LogP contribution in [0.1, 0.15) is 6.85 Å². The summed E-state index contributed by atoms with van der Waals surface area (Å²) in [5.74, 6) is 0. The number of rotatable bonds is 5. The first kappa shape index (κ1) is 23.6. The van der Waals surface area contributed by atoms with Crippen molar-refractivity contribution in [3.63, 3.8) is 0 Å². The topological polar surface area (TPSA) is 9.86 Å². The highest BCUT2D eigenvalue weighted by molar-refractivity contribution is 6.23. The molecule has 234 valence electrons. The van der Waals surface area contributed by atoms with E-state index in [-0.39, 0.29) is 29.7 Å². The summed E-state index contributed by atoms with van der Waals surface area (Å²) >= 11 is 0. The van der Waals surface area contributed by atoms with Crippen molar-refractivity contribution in [1.29, 1.82) is 0 Å². The van der Waals surface area contributed by atoms with E-state index in [1.807, 2.05) is 30.3 Å². The molecule has 0 N–H and O–H groups in total. The molecule has 0 atom stereocenters. The van der Waals surface area contributed by atoms with E-state index in [4.69, 9.17) is 6.85 Å². The molecule has 2 heterocycles. The highest BCUT2D eigenvalue weighted by Gasteiger charge is 2.21. The second kappa shape index (κ2) is 11.5. The fourth-order valence-corrected chi connectivity index (χ4v) is 7.54. The third-order valence-corrected chi connectivity index (χ3v) is 9.79. The van der Waals surface area contributed by atoms with Gasteiger partial charge in [0.2, 0.25) is 0 Å². The summed E-state index contributed by atoms with van der Waals surface area (Å²) in [6, 6.07) is 55.6. The van der Waals surface area contributed by atoms with E-state index >= 15 is 0 Å². The molecule has 0 saturated heterocycles.